The highest BCUT2D eigenvalue weighted by Crippen LogP contribution is 2.16. The lowest BCUT2D eigenvalue weighted by atomic mass is 10.0. The molecule has 2 atom stereocenters. The summed E-state index contributed by atoms with van der Waals surface area (Å²) in [6.07, 6.45) is 0.461. The van der Waals surface area contributed by atoms with Gasteiger partial charge in [0.05, 0.1) is 12.1 Å². The lowest BCUT2D eigenvalue weighted by Gasteiger charge is -2.38. The maximum Gasteiger partial charge on any atom is 0.227 e. The number of nitrogens with one attached hydrogen (secondary N) is 1. The average Bonchev–Trinajstić information content (AvgIpc) is 2.59. The Morgan fingerprint density at radius 3 is 2.48 bits per heavy atom. The number of rotatable bonds is 2. The van der Waals surface area contributed by atoms with E-state index in [0.29, 0.717) is 12.5 Å². The van der Waals surface area contributed by atoms with Crippen molar-refractivity contribution >= 4 is 30.7 Å². The summed E-state index contributed by atoms with van der Waals surface area (Å²) in [5, 5.41) is 7.77. The highest BCUT2D eigenvalue weighted by atomic mass is 35.5. The average molecular weight is 337 g/mol. The normalized spacial score (nSPS) is 21.5. The largest absolute Gasteiger partial charge is 0.337 e. The molecule has 1 aromatic heterocycles. The Bertz CT molecular complexity index is 490. The van der Waals surface area contributed by atoms with Crippen molar-refractivity contribution in [2.45, 2.75) is 46.2 Å². The fourth-order valence-corrected chi connectivity index (χ4v) is 2.73. The molecule has 1 aliphatic heterocycles. The van der Waals surface area contributed by atoms with Crippen molar-refractivity contribution in [3.8, 4) is 0 Å². The number of aromatic nitrogens is 2. The number of hydrogen-bond acceptors (Lipinski definition) is 3. The summed E-state index contributed by atoms with van der Waals surface area (Å²) >= 11 is 0. The van der Waals surface area contributed by atoms with E-state index in [0.717, 1.165) is 30.0 Å². The van der Waals surface area contributed by atoms with Crippen LogP contribution in [-0.2, 0) is 18.3 Å². The smallest absolute Gasteiger partial charge is 0.227 e. The van der Waals surface area contributed by atoms with Crippen LogP contribution in [0.25, 0.3) is 0 Å². The Hall–Kier alpha value is -0.780. The standard InChI is InChI=1S/C14H24N4O.2ClH/c1-9-11(3)18(7-6-15-9)14(19)8-13-10(2)16-17(5)12(13)4;;/h9,11,15H,6-8H2,1-5H3;2*1H. The molecular formula is C14H26Cl2N4O. The van der Waals surface area contributed by atoms with E-state index in [2.05, 4.69) is 24.3 Å². The summed E-state index contributed by atoms with van der Waals surface area (Å²) in [6.45, 7) is 9.90. The van der Waals surface area contributed by atoms with Gasteiger partial charge in [-0.05, 0) is 27.7 Å². The van der Waals surface area contributed by atoms with Crippen LogP contribution in [0.3, 0.4) is 0 Å². The van der Waals surface area contributed by atoms with Crippen LogP contribution in [0, 0.1) is 13.8 Å². The Kier molecular flexibility index (Phi) is 7.71. The number of hydrogen-bond donors (Lipinski definition) is 1. The molecule has 122 valence electrons. The molecule has 0 aromatic carbocycles. The fraction of sp³-hybridized carbons (Fsp3) is 0.714. The molecule has 5 nitrogen and oxygen atoms in total. The van der Waals surface area contributed by atoms with E-state index in [1.54, 1.807) is 0 Å². The first-order valence-corrected chi connectivity index (χ1v) is 6.93. The van der Waals surface area contributed by atoms with Crippen molar-refractivity contribution < 1.29 is 4.79 Å². The third kappa shape index (κ3) is 4.11. The van der Waals surface area contributed by atoms with Crippen molar-refractivity contribution in [3.63, 3.8) is 0 Å². The molecule has 21 heavy (non-hydrogen) atoms. The first-order valence-electron chi connectivity index (χ1n) is 6.93. The van der Waals surface area contributed by atoms with E-state index < -0.39 is 0 Å². The Balaban J connectivity index is 0.00000200. The molecule has 1 aliphatic rings. The molecule has 2 heterocycles. The van der Waals surface area contributed by atoms with Gasteiger partial charge in [0.2, 0.25) is 5.91 Å². The van der Waals surface area contributed by atoms with Crippen LogP contribution in [0.15, 0.2) is 0 Å². The van der Waals surface area contributed by atoms with Crippen LogP contribution in [0.1, 0.15) is 30.8 Å². The fourth-order valence-electron chi connectivity index (χ4n) is 2.73. The van der Waals surface area contributed by atoms with Crippen molar-refractivity contribution in [1.82, 2.24) is 20.0 Å². The molecule has 0 radical (unpaired) electrons. The van der Waals surface area contributed by atoms with Gasteiger partial charge in [0, 0.05) is 43.5 Å². The Morgan fingerprint density at radius 1 is 1.33 bits per heavy atom. The minimum Gasteiger partial charge on any atom is -0.337 e. The van der Waals surface area contributed by atoms with Crippen molar-refractivity contribution in [2.24, 2.45) is 7.05 Å². The lowest BCUT2D eigenvalue weighted by Crippen LogP contribution is -2.57. The minimum absolute atomic E-state index is 0. The summed E-state index contributed by atoms with van der Waals surface area (Å²) < 4.78 is 1.85. The number of carbonyl (C=O) groups is 1. The van der Waals surface area contributed by atoms with Crippen LogP contribution in [0.5, 0.6) is 0 Å². The van der Waals surface area contributed by atoms with E-state index in [1.165, 1.54) is 0 Å². The second kappa shape index (κ2) is 8.01. The number of aryl methyl sites for hydroxylation is 2. The number of piperazine rings is 1. The predicted octanol–water partition coefficient (Wildman–Crippen LogP) is 1.63. The van der Waals surface area contributed by atoms with Gasteiger partial charge in [0.1, 0.15) is 0 Å². The molecule has 1 N–H and O–H groups in total. The molecule has 0 aliphatic carbocycles. The first kappa shape index (κ1) is 20.2. The molecule has 7 heteroatoms. The van der Waals surface area contributed by atoms with Crippen LogP contribution >= 0.6 is 24.8 Å². The molecule has 1 fully saturated rings. The zero-order valence-electron chi connectivity index (χ0n) is 13.3. The Morgan fingerprint density at radius 2 is 1.95 bits per heavy atom. The van der Waals surface area contributed by atoms with Crippen molar-refractivity contribution in [1.29, 1.82) is 0 Å². The van der Waals surface area contributed by atoms with E-state index in [9.17, 15) is 4.79 Å². The molecule has 0 spiro atoms. The van der Waals surface area contributed by atoms with E-state index >= 15 is 0 Å². The lowest BCUT2D eigenvalue weighted by molar-refractivity contribution is -0.134. The Labute approximate surface area is 139 Å². The molecule has 0 bridgehead atoms. The summed E-state index contributed by atoms with van der Waals surface area (Å²) in [6, 6.07) is 0.604. The van der Waals surface area contributed by atoms with Crippen LogP contribution < -0.4 is 5.32 Å². The second-order valence-electron chi connectivity index (χ2n) is 5.52. The number of amides is 1. The van der Waals surface area contributed by atoms with Gasteiger partial charge in [-0.2, -0.15) is 5.10 Å². The quantitative estimate of drug-likeness (QED) is 0.892. The van der Waals surface area contributed by atoms with Crippen LogP contribution in [-0.4, -0.2) is 45.8 Å². The molecule has 1 aromatic rings. The van der Waals surface area contributed by atoms with Gasteiger partial charge in [-0.1, -0.05) is 0 Å². The SMILES string of the molecule is Cc1nn(C)c(C)c1CC(=O)N1CCNC(C)C1C.Cl.Cl. The summed E-state index contributed by atoms with van der Waals surface area (Å²) in [7, 11) is 1.92. The topological polar surface area (TPSA) is 50.2 Å². The molecule has 1 saturated heterocycles. The number of carbonyl (C=O) groups excluding carboxylic acids is 1. The van der Waals surface area contributed by atoms with Gasteiger partial charge < -0.3 is 10.2 Å². The van der Waals surface area contributed by atoms with Crippen LogP contribution in [0.4, 0.5) is 0 Å². The van der Waals surface area contributed by atoms with Gasteiger partial charge in [0.25, 0.3) is 0 Å². The van der Waals surface area contributed by atoms with Gasteiger partial charge in [0.15, 0.2) is 0 Å². The van der Waals surface area contributed by atoms with Crippen molar-refractivity contribution in [3.05, 3.63) is 17.0 Å². The predicted molar refractivity (Wildman–Crippen MR) is 89.5 cm³/mol. The summed E-state index contributed by atoms with van der Waals surface area (Å²) in [5.41, 5.74) is 3.12. The third-order valence-electron chi connectivity index (χ3n) is 4.34. The van der Waals surface area contributed by atoms with Crippen LogP contribution in [0.2, 0.25) is 0 Å². The monoisotopic (exact) mass is 336 g/mol. The number of halogens is 2. The van der Waals surface area contributed by atoms with Gasteiger partial charge in [-0.3, -0.25) is 9.48 Å². The van der Waals surface area contributed by atoms with E-state index in [4.69, 9.17) is 0 Å². The number of nitrogens with zero attached hydrogens (tertiary/aromatic N) is 3. The third-order valence-corrected chi connectivity index (χ3v) is 4.34. The van der Waals surface area contributed by atoms with Gasteiger partial charge in [-0.15, -0.1) is 24.8 Å². The van der Waals surface area contributed by atoms with Crippen molar-refractivity contribution in [2.75, 3.05) is 13.1 Å². The van der Waals surface area contributed by atoms with Gasteiger partial charge in [-0.25, -0.2) is 0 Å². The molecule has 2 rings (SSSR count). The first-order chi connectivity index (χ1) is 8.91. The molecule has 2 unspecified atom stereocenters. The van der Waals surface area contributed by atoms with E-state index in [-0.39, 0.29) is 36.8 Å². The molecular weight excluding hydrogens is 311 g/mol. The van der Waals surface area contributed by atoms with Gasteiger partial charge >= 0.3 is 0 Å². The highest BCUT2D eigenvalue weighted by molar-refractivity contribution is 5.85. The zero-order valence-corrected chi connectivity index (χ0v) is 15.0. The maximum atomic E-state index is 12.5. The van der Waals surface area contributed by atoms with E-state index in [1.807, 2.05) is 30.5 Å². The maximum absolute atomic E-state index is 12.5. The summed E-state index contributed by atoms with van der Waals surface area (Å²) in [5.74, 6) is 0.208. The highest BCUT2D eigenvalue weighted by Gasteiger charge is 2.28. The second-order valence-corrected chi connectivity index (χ2v) is 5.52. The molecule has 1 amide bonds. The minimum atomic E-state index is 0. The molecule has 0 saturated carbocycles. The summed E-state index contributed by atoms with van der Waals surface area (Å²) in [4.78, 5) is 14.5. The zero-order chi connectivity index (χ0) is 14.2.